The molecule has 2 aromatic carbocycles. The van der Waals surface area contributed by atoms with Gasteiger partial charge in [-0.2, -0.15) is 0 Å². The number of nitrogens with one attached hydrogen (secondary N) is 1. The quantitative estimate of drug-likeness (QED) is 0.813. The highest BCUT2D eigenvalue weighted by Gasteiger charge is 2.01. The number of hydrogen-bond donors (Lipinski definition) is 2. The summed E-state index contributed by atoms with van der Waals surface area (Å²) in [5.41, 5.74) is 4.55. The van der Waals surface area contributed by atoms with Gasteiger partial charge in [0.05, 0.1) is 13.2 Å². The third kappa shape index (κ3) is 4.08. The zero-order chi connectivity index (χ0) is 14.2. The summed E-state index contributed by atoms with van der Waals surface area (Å²) in [7, 11) is 1.72. The lowest BCUT2D eigenvalue weighted by Crippen LogP contribution is -2.04. The molecule has 0 spiro atoms. The van der Waals surface area contributed by atoms with Crippen molar-refractivity contribution in [1.29, 1.82) is 0 Å². The Balaban J connectivity index is 1.98. The molecule has 2 aromatic rings. The number of anilines is 1. The van der Waals surface area contributed by atoms with E-state index in [0.717, 1.165) is 30.8 Å². The van der Waals surface area contributed by atoms with Crippen molar-refractivity contribution in [3.63, 3.8) is 0 Å². The molecule has 2 rings (SSSR count). The van der Waals surface area contributed by atoms with Gasteiger partial charge in [0.1, 0.15) is 0 Å². The maximum Gasteiger partial charge on any atom is 0.0681 e. The van der Waals surface area contributed by atoms with Gasteiger partial charge in [0.2, 0.25) is 0 Å². The SMILES string of the molecule is COCCc1ccccc1NCc1ccc(CO)cc1. The molecular formula is C17H21NO2. The number of methoxy groups -OCH3 is 1. The van der Waals surface area contributed by atoms with Gasteiger partial charge in [0.25, 0.3) is 0 Å². The smallest absolute Gasteiger partial charge is 0.0681 e. The number of para-hydroxylation sites is 1. The maximum absolute atomic E-state index is 9.03. The molecule has 106 valence electrons. The number of aliphatic hydroxyl groups excluding tert-OH is 1. The minimum Gasteiger partial charge on any atom is -0.392 e. The molecule has 20 heavy (non-hydrogen) atoms. The minimum atomic E-state index is 0.0908. The first-order chi connectivity index (χ1) is 9.83. The molecule has 0 saturated carbocycles. The van der Waals surface area contributed by atoms with Crippen LogP contribution in [-0.2, 0) is 24.3 Å². The van der Waals surface area contributed by atoms with Crippen LogP contribution in [-0.4, -0.2) is 18.8 Å². The Morgan fingerprint density at radius 1 is 1.00 bits per heavy atom. The van der Waals surface area contributed by atoms with Crippen LogP contribution in [0.25, 0.3) is 0 Å². The van der Waals surface area contributed by atoms with Crippen LogP contribution in [0.4, 0.5) is 5.69 Å². The molecule has 3 nitrogen and oxygen atoms in total. The second kappa shape index (κ2) is 7.68. The van der Waals surface area contributed by atoms with Gasteiger partial charge in [-0.05, 0) is 29.2 Å². The molecule has 0 radical (unpaired) electrons. The van der Waals surface area contributed by atoms with Gasteiger partial charge < -0.3 is 15.2 Å². The Kier molecular flexibility index (Phi) is 5.59. The summed E-state index contributed by atoms with van der Waals surface area (Å²) in [5.74, 6) is 0. The summed E-state index contributed by atoms with van der Waals surface area (Å²) in [6.07, 6.45) is 0.906. The largest absolute Gasteiger partial charge is 0.392 e. The fourth-order valence-corrected chi connectivity index (χ4v) is 2.08. The second-order valence-corrected chi connectivity index (χ2v) is 4.73. The van der Waals surface area contributed by atoms with Crippen LogP contribution in [0.1, 0.15) is 16.7 Å². The Bertz CT molecular complexity index is 523. The Morgan fingerprint density at radius 3 is 2.40 bits per heavy atom. The topological polar surface area (TPSA) is 41.5 Å². The van der Waals surface area contributed by atoms with Gasteiger partial charge in [-0.25, -0.2) is 0 Å². The molecule has 0 amide bonds. The van der Waals surface area contributed by atoms with Crippen LogP contribution < -0.4 is 5.32 Å². The molecule has 2 N–H and O–H groups in total. The van der Waals surface area contributed by atoms with Crippen molar-refractivity contribution in [2.24, 2.45) is 0 Å². The van der Waals surface area contributed by atoms with Crippen molar-refractivity contribution in [3.8, 4) is 0 Å². The highest BCUT2D eigenvalue weighted by atomic mass is 16.5. The van der Waals surface area contributed by atoms with Crippen LogP contribution in [0.3, 0.4) is 0 Å². The summed E-state index contributed by atoms with van der Waals surface area (Å²) in [6.45, 7) is 1.59. The van der Waals surface area contributed by atoms with Gasteiger partial charge >= 0.3 is 0 Å². The van der Waals surface area contributed by atoms with E-state index in [1.165, 1.54) is 11.1 Å². The van der Waals surface area contributed by atoms with Crippen LogP contribution in [0.5, 0.6) is 0 Å². The first-order valence-electron chi connectivity index (χ1n) is 6.83. The lowest BCUT2D eigenvalue weighted by atomic mass is 10.1. The van der Waals surface area contributed by atoms with Crippen molar-refractivity contribution < 1.29 is 9.84 Å². The summed E-state index contributed by atoms with van der Waals surface area (Å²) in [5, 5.41) is 12.5. The van der Waals surface area contributed by atoms with E-state index in [-0.39, 0.29) is 6.61 Å². The van der Waals surface area contributed by atoms with Gasteiger partial charge in [0.15, 0.2) is 0 Å². The van der Waals surface area contributed by atoms with Crippen LogP contribution >= 0.6 is 0 Å². The molecule has 0 bridgehead atoms. The fraction of sp³-hybridized carbons (Fsp3) is 0.294. The average molecular weight is 271 g/mol. The highest BCUT2D eigenvalue weighted by molar-refractivity contribution is 5.51. The van der Waals surface area contributed by atoms with Gasteiger partial charge in [-0.15, -0.1) is 0 Å². The standard InChI is InChI=1S/C17H21NO2/c1-20-11-10-16-4-2-3-5-17(16)18-12-14-6-8-15(13-19)9-7-14/h2-9,18-19H,10-13H2,1H3. The van der Waals surface area contributed by atoms with E-state index in [4.69, 9.17) is 9.84 Å². The Labute approximate surface area is 120 Å². The molecule has 0 aliphatic rings. The van der Waals surface area contributed by atoms with E-state index >= 15 is 0 Å². The lowest BCUT2D eigenvalue weighted by Gasteiger charge is -2.12. The molecule has 0 aliphatic carbocycles. The molecule has 0 fully saturated rings. The van der Waals surface area contributed by atoms with E-state index in [0.29, 0.717) is 0 Å². The summed E-state index contributed by atoms with van der Waals surface area (Å²) in [4.78, 5) is 0. The van der Waals surface area contributed by atoms with Crippen LogP contribution in [0.2, 0.25) is 0 Å². The molecule has 0 unspecified atom stereocenters. The Morgan fingerprint density at radius 2 is 1.70 bits per heavy atom. The van der Waals surface area contributed by atoms with E-state index < -0.39 is 0 Å². The third-order valence-corrected chi connectivity index (χ3v) is 3.28. The Hall–Kier alpha value is -1.84. The zero-order valence-corrected chi connectivity index (χ0v) is 11.8. The predicted molar refractivity (Wildman–Crippen MR) is 81.7 cm³/mol. The maximum atomic E-state index is 9.03. The van der Waals surface area contributed by atoms with E-state index in [2.05, 4.69) is 17.4 Å². The van der Waals surface area contributed by atoms with Gasteiger partial charge in [-0.3, -0.25) is 0 Å². The van der Waals surface area contributed by atoms with E-state index in [9.17, 15) is 0 Å². The normalized spacial score (nSPS) is 10.5. The predicted octanol–water partition coefficient (Wildman–Crippen LogP) is 2.98. The monoisotopic (exact) mass is 271 g/mol. The van der Waals surface area contributed by atoms with Gasteiger partial charge in [0, 0.05) is 19.3 Å². The van der Waals surface area contributed by atoms with Crippen molar-refractivity contribution in [3.05, 3.63) is 65.2 Å². The van der Waals surface area contributed by atoms with Crippen LogP contribution in [0.15, 0.2) is 48.5 Å². The molecule has 0 aromatic heterocycles. The first-order valence-corrected chi connectivity index (χ1v) is 6.83. The summed E-state index contributed by atoms with van der Waals surface area (Å²) in [6, 6.07) is 16.3. The van der Waals surface area contributed by atoms with Gasteiger partial charge in [-0.1, -0.05) is 42.5 Å². The number of hydrogen-bond acceptors (Lipinski definition) is 3. The molecule has 0 heterocycles. The van der Waals surface area contributed by atoms with Crippen molar-refractivity contribution in [2.75, 3.05) is 19.0 Å². The summed E-state index contributed by atoms with van der Waals surface area (Å²) < 4.78 is 5.14. The fourth-order valence-electron chi connectivity index (χ4n) is 2.08. The highest BCUT2D eigenvalue weighted by Crippen LogP contribution is 2.17. The van der Waals surface area contributed by atoms with E-state index in [1.54, 1.807) is 7.11 Å². The van der Waals surface area contributed by atoms with Crippen molar-refractivity contribution in [1.82, 2.24) is 0 Å². The molecule has 0 aliphatic heterocycles. The number of rotatable bonds is 7. The number of benzene rings is 2. The molecule has 0 atom stereocenters. The molecule has 3 heteroatoms. The van der Waals surface area contributed by atoms with Crippen LogP contribution in [0, 0.1) is 0 Å². The van der Waals surface area contributed by atoms with Crippen molar-refractivity contribution >= 4 is 5.69 Å². The first kappa shape index (κ1) is 14.6. The molecular weight excluding hydrogens is 250 g/mol. The number of ether oxygens (including phenoxy) is 1. The van der Waals surface area contributed by atoms with E-state index in [1.807, 2.05) is 36.4 Å². The lowest BCUT2D eigenvalue weighted by molar-refractivity contribution is 0.202. The molecule has 0 saturated heterocycles. The van der Waals surface area contributed by atoms with Crippen molar-refractivity contribution in [2.45, 2.75) is 19.6 Å². The number of aliphatic hydroxyl groups is 1. The average Bonchev–Trinajstić information content (AvgIpc) is 2.52. The minimum absolute atomic E-state index is 0.0908. The third-order valence-electron chi connectivity index (χ3n) is 3.28. The summed E-state index contributed by atoms with van der Waals surface area (Å²) >= 11 is 0. The zero-order valence-electron chi connectivity index (χ0n) is 11.8. The second-order valence-electron chi connectivity index (χ2n) is 4.73.